The summed E-state index contributed by atoms with van der Waals surface area (Å²) in [5, 5.41) is 3.82. The number of thioether (sulfide) groups is 1. The minimum atomic E-state index is -0.861. The molecule has 0 atom stereocenters. The molecule has 0 aliphatic heterocycles. The van der Waals surface area contributed by atoms with Crippen LogP contribution in [0.5, 0.6) is 0 Å². The van der Waals surface area contributed by atoms with Crippen molar-refractivity contribution in [2.45, 2.75) is 85.0 Å². The molecule has 0 saturated heterocycles. The van der Waals surface area contributed by atoms with Crippen molar-refractivity contribution in [3.8, 4) is 0 Å². The van der Waals surface area contributed by atoms with Crippen LogP contribution in [-0.2, 0) is 0 Å². The zero-order chi connectivity index (χ0) is 18.5. The molecule has 6 heteroatoms. The lowest BCUT2D eigenvalue weighted by molar-refractivity contribution is 0.266. The molecule has 0 aromatic rings. The summed E-state index contributed by atoms with van der Waals surface area (Å²) in [6.45, 7) is 8.81. The van der Waals surface area contributed by atoms with Gasteiger partial charge in [-0.15, -0.1) is 0 Å². The lowest BCUT2D eigenvalue weighted by atomic mass is 10.1. The van der Waals surface area contributed by atoms with Crippen LogP contribution in [0.3, 0.4) is 0 Å². The van der Waals surface area contributed by atoms with Crippen LogP contribution < -0.4 is 11.1 Å². The molecule has 0 aromatic heterocycles. The Kier molecular flexibility index (Phi) is 24.3. The van der Waals surface area contributed by atoms with Gasteiger partial charge in [-0.1, -0.05) is 83.9 Å². The number of carbonyl (C=O) groups is 1. The average Bonchev–Trinajstić information content (AvgIpc) is 2.53. The maximum Gasteiger partial charge on any atom is 0.311 e. The first-order valence-corrected chi connectivity index (χ1v) is 10.8. The van der Waals surface area contributed by atoms with Crippen molar-refractivity contribution >= 4 is 33.9 Å². The van der Waals surface area contributed by atoms with Crippen LogP contribution in [0.2, 0.25) is 0 Å². The van der Waals surface area contributed by atoms with Gasteiger partial charge in [0, 0.05) is 13.1 Å². The van der Waals surface area contributed by atoms with Gasteiger partial charge in [0.15, 0.2) is 5.17 Å². The van der Waals surface area contributed by atoms with Crippen molar-refractivity contribution in [2.75, 3.05) is 18.8 Å². The topological polar surface area (TPSA) is 67.5 Å². The van der Waals surface area contributed by atoms with Crippen LogP contribution in [-0.4, -0.2) is 29.4 Å². The minimum absolute atomic E-state index is 0.861. The van der Waals surface area contributed by atoms with E-state index in [1.54, 1.807) is 0 Å². The highest BCUT2D eigenvalue weighted by molar-refractivity contribution is 8.13. The maximum absolute atomic E-state index is 8.99. The van der Waals surface area contributed by atoms with Gasteiger partial charge in [-0.2, -0.15) is 0 Å². The summed E-state index contributed by atoms with van der Waals surface area (Å²) in [6.07, 6.45) is 13.3. The number of nitrogens with zero attached hydrogens (tertiary/aromatic N) is 1. The molecule has 0 rings (SSSR count). The van der Waals surface area contributed by atoms with Gasteiger partial charge in [0.2, 0.25) is 0 Å². The lowest BCUT2D eigenvalue weighted by Crippen LogP contribution is -2.22. The van der Waals surface area contributed by atoms with Gasteiger partial charge >= 0.3 is 5.37 Å². The fraction of sp³-hybridized carbons (Fsp3) is 0.889. The second-order valence-electron chi connectivity index (χ2n) is 5.68. The Morgan fingerprint density at radius 2 is 1.46 bits per heavy atom. The van der Waals surface area contributed by atoms with Crippen LogP contribution in [0, 0.1) is 0 Å². The van der Waals surface area contributed by atoms with Crippen LogP contribution >= 0.6 is 23.4 Å². The van der Waals surface area contributed by atoms with Crippen LogP contribution in [0.1, 0.15) is 85.0 Å². The van der Waals surface area contributed by atoms with E-state index in [9.17, 15) is 0 Å². The average molecular weight is 380 g/mol. The largest absolute Gasteiger partial charge is 0.365 e. The first-order chi connectivity index (χ1) is 11.6. The molecular weight excluding hydrogens is 342 g/mol. The number of hydrogen-bond donors (Lipinski definition) is 2. The standard InChI is InChI=1S/C17H36N2S.CH2ClNO/c1-4-7-9-11-13-15-18-17(20-6-3)19-16-14-12-10-8-5-2;2-1(3)4/h4-16H2,1-3H3,(H,18,19);(H2,3,4). The number of carbonyl (C=O) groups excluding carboxylic acids is 1. The molecule has 0 unspecified atom stereocenters. The normalized spacial score (nSPS) is 10.9. The summed E-state index contributed by atoms with van der Waals surface area (Å²) in [4.78, 5) is 13.7. The molecule has 0 spiro atoms. The number of hydrogen-bond acceptors (Lipinski definition) is 3. The second-order valence-corrected chi connectivity index (χ2v) is 7.30. The molecule has 0 fully saturated rings. The van der Waals surface area contributed by atoms with Crippen molar-refractivity contribution < 1.29 is 4.79 Å². The number of amidine groups is 1. The van der Waals surface area contributed by atoms with Crippen molar-refractivity contribution in [1.29, 1.82) is 0 Å². The molecule has 24 heavy (non-hydrogen) atoms. The van der Waals surface area contributed by atoms with Gasteiger partial charge in [-0.3, -0.25) is 9.79 Å². The highest BCUT2D eigenvalue weighted by Crippen LogP contribution is 2.06. The number of rotatable bonds is 13. The Morgan fingerprint density at radius 1 is 0.958 bits per heavy atom. The van der Waals surface area contributed by atoms with E-state index in [0.717, 1.165) is 18.8 Å². The first kappa shape index (κ1) is 25.8. The van der Waals surface area contributed by atoms with E-state index in [2.05, 4.69) is 43.4 Å². The Bertz CT molecular complexity index is 298. The van der Waals surface area contributed by atoms with E-state index in [0.29, 0.717) is 0 Å². The number of nitrogens with two attached hydrogens (primary N) is 1. The van der Waals surface area contributed by atoms with Crippen molar-refractivity contribution in [2.24, 2.45) is 10.7 Å². The fourth-order valence-electron chi connectivity index (χ4n) is 2.11. The summed E-state index contributed by atoms with van der Waals surface area (Å²) in [7, 11) is 0. The van der Waals surface area contributed by atoms with Gasteiger partial charge in [0.05, 0.1) is 0 Å². The third-order valence-corrected chi connectivity index (χ3v) is 4.19. The highest BCUT2D eigenvalue weighted by Gasteiger charge is 1.98. The van der Waals surface area contributed by atoms with Gasteiger partial charge < -0.3 is 11.1 Å². The number of primary amides is 1. The van der Waals surface area contributed by atoms with Crippen molar-refractivity contribution in [3.05, 3.63) is 0 Å². The molecule has 0 aliphatic carbocycles. The molecule has 3 N–H and O–H groups in total. The molecule has 1 amide bonds. The number of aliphatic imine (C=N–C) groups is 1. The number of unbranched alkanes of at least 4 members (excludes halogenated alkanes) is 8. The number of nitrogens with one attached hydrogen (secondary N) is 1. The van der Waals surface area contributed by atoms with E-state index in [1.165, 1.54) is 69.4 Å². The summed E-state index contributed by atoms with van der Waals surface area (Å²) in [6, 6.07) is 0. The van der Waals surface area contributed by atoms with Gasteiger partial charge in [0.1, 0.15) is 0 Å². The maximum atomic E-state index is 8.99. The lowest BCUT2D eigenvalue weighted by Gasteiger charge is -2.08. The van der Waals surface area contributed by atoms with Crippen LogP contribution in [0.15, 0.2) is 4.99 Å². The molecule has 0 bridgehead atoms. The zero-order valence-electron chi connectivity index (χ0n) is 15.9. The van der Waals surface area contributed by atoms with E-state index in [1.807, 2.05) is 11.8 Å². The Balaban J connectivity index is 0. The molecule has 144 valence electrons. The Labute approximate surface area is 158 Å². The SMILES string of the molecule is CCCCCCCN=C(NCCCCCCC)SCC.NC(=O)Cl. The Hall–Kier alpha value is -0.420. The molecule has 4 nitrogen and oxygen atoms in total. The molecular formula is C18H38ClN3OS. The van der Waals surface area contributed by atoms with Gasteiger partial charge in [-0.05, 0) is 30.2 Å². The predicted octanol–water partition coefficient (Wildman–Crippen LogP) is 5.93. The number of amides is 1. The summed E-state index contributed by atoms with van der Waals surface area (Å²) < 4.78 is 0. The molecule has 0 aromatic carbocycles. The summed E-state index contributed by atoms with van der Waals surface area (Å²) in [5.41, 5.74) is 4.24. The van der Waals surface area contributed by atoms with Crippen molar-refractivity contribution in [1.82, 2.24) is 5.32 Å². The quantitative estimate of drug-likeness (QED) is 0.137. The molecule has 0 aliphatic rings. The van der Waals surface area contributed by atoms with Gasteiger partial charge in [0.25, 0.3) is 0 Å². The van der Waals surface area contributed by atoms with E-state index >= 15 is 0 Å². The minimum Gasteiger partial charge on any atom is -0.365 e. The summed E-state index contributed by atoms with van der Waals surface area (Å²) in [5.74, 6) is 1.11. The molecule has 0 saturated carbocycles. The molecule has 0 heterocycles. The first-order valence-electron chi connectivity index (χ1n) is 9.44. The fourth-order valence-corrected chi connectivity index (χ4v) is 2.77. The predicted molar refractivity (Wildman–Crippen MR) is 111 cm³/mol. The molecule has 0 radical (unpaired) electrons. The van der Waals surface area contributed by atoms with Crippen LogP contribution in [0.4, 0.5) is 4.79 Å². The third-order valence-electron chi connectivity index (χ3n) is 3.35. The monoisotopic (exact) mass is 379 g/mol. The number of halogens is 1. The Morgan fingerprint density at radius 3 is 1.96 bits per heavy atom. The van der Waals surface area contributed by atoms with E-state index in [4.69, 9.17) is 9.79 Å². The second kappa shape index (κ2) is 22.6. The highest BCUT2D eigenvalue weighted by atomic mass is 35.5. The van der Waals surface area contributed by atoms with Gasteiger partial charge in [-0.25, -0.2) is 0 Å². The zero-order valence-corrected chi connectivity index (χ0v) is 17.5. The van der Waals surface area contributed by atoms with E-state index < -0.39 is 5.37 Å². The third kappa shape index (κ3) is 26.5. The van der Waals surface area contributed by atoms with Crippen LogP contribution in [0.25, 0.3) is 0 Å². The van der Waals surface area contributed by atoms with E-state index in [-0.39, 0.29) is 0 Å². The smallest absolute Gasteiger partial charge is 0.311 e. The summed E-state index contributed by atoms with van der Waals surface area (Å²) >= 11 is 6.27. The van der Waals surface area contributed by atoms with Crippen molar-refractivity contribution in [3.63, 3.8) is 0 Å².